The van der Waals surface area contributed by atoms with Crippen molar-refractivity contribution in [2.45, 2.75) is 27.2 Å². The van der Waals surface area contributed by atoms with Gasteiger partial charge in [-0.3, -0.25) is 19.3 Å². The quantitative estimate of drug-likeness (QED) is 0.351. The minimum absolute atomic E-state index is 0.00540. The summed E-state index contributed by atoms with van der Waals surface area (Å²) in [7, 11) is 0. The molecule has 1 aliphatic heterocycles. The molecule has 0 bridgehead atoms. The highest BCUT2D eigenvalue weighted by Gasteiger charge is 2.50. The molecule has 8 heteroatoms. The molecule has 0 aromatic heterocycles. The van der Waals surface area contributed by atoms with Crippen LogP contribution in [-0.2, 0) is 19.1 Å². The minimum Gasteiger partial charge on any atom is -0.452 e. The van der Waals surface area contributed by atoms with Crippen LogP contribution >= 0.6 is 15.9 Å². The number of ether oxygens (including phenoxy) is 1. The van der Waals surface area contributed by atoms with E-state index in [4.69, 9.17) is 4.74 Å². The van der Waals surface area contributed by atoms with E-state index >= 15 is 0 Å². The highest BCUT2D eigenvalue weighted by atomic mass is 79.9. The predicted molar refractivity (Wildman–Crippen MR) is 131 cm³/mol. The fraction of sp³-hybridized carbons (Fsp3) is 0.308. The van der Waals surface area contributed by atoms with Gasteiger partial charge in [-0.25, -0.2) is 4.79 Å². The maximum atomic E-state index is 12.9. The molecule has 2 aliphatic rings. The third-order valence-corrected chi connectivity index (χ3v) is 7.54. The number of hydrogen-bond donors (Lipinski definition) is 1. The van der Waals surface area contributed by atoms with Crippen LogP contribution in [0.4, 0.5) is 11.4 Å². The number of esters is 1. The highest BCUT2D eigenvalue weighted by molar-refractivity contribution is 9.10. The lowest BCUT2D eigenvalue weighted by molar-refractivity contribution is -0.123. The molecule has 34 heavy (non-hydrogen) atoms. The molecule has 1 fully saturated rings. The summed E-state index contributed by atoms with van der Waals surface area (Å²) in [5, 5.41) is 2.72. The Morgan fingerprint density at radius 3 is 2.35 bits per heavy atom. The molecule has 2 aromatic carbocycles. The first-order valence-corrected chi connectivity index (χ1v) is 11.8. The fourth-order valence-corrected chi connectivity index (χ4v) is 4.81. The second-order valence-electron chi connectivity index (χ2n) is 8.76. The number of anilines is 2. The van der Waals surface area contributed by atoms with Crippen LogP contribution in [0.2, 0.25) is 0 Å². The van der Waals surface area contributed by atoms with Gasteiger partial charge in [0.25, 0.3) is 5.91 Å². The normalized spacial score (nSPS) is 21.4. The second kappa shape index (κ2) is 9.54. The lowest BCUT2D eigenvalue weighted by atomic mass is 9.78. The third-order valence-electron chi connectivity index (χ3n) is 6.29. The number of nitrogens with one attached hydrogen (secondary N) is 1. The summed E-state index contributed by atoms with van der Waals surface area (Å²) in [6.45, 7) is 5.35. The van der Waals surface area contributed by atoms with E-state index in [9.17, 15) is 19.2 Å². The molecule has 176 valence electrons. The number of nitrogens with zero attached hydrogens (tertiary/aromatic N) is 1. The first kappa shape index (κ1) is 23.9. The molecule has 2 aromatic rings. The van der Waals surface area contributed by atoms with Crippen molar-refractivity contribution in [1.29, 1.82) is 0 Å². The number of carbonyl (C=O) groups is 4. The Morgan fingerprint density at radius 1 is 1.09 bits per heavy atom. The summed E-state index contributed by atoms with van der Waals surface area (Å²) >= 11 is 3.48. The molecule has 3 amide bonds. The molecule has 0 saturated carbocycles. The van der Waals surface area contributed by atoms with Crippen LogP contribution in [0.3, 0.4) is 0 Å². The van der Waals surface area contributed by atoms with Crippen LogP contribution in [0.1, 0.15) is 34.8 Å². The number of fused-ring (bicyclic) bond motifs is 1. The zero-order valence-corrected chi connectivity index (χ0v) is 20.7. The molecule has 7 nitrogen and oxygen atoms in total. The topological polar surface area (TPSA) is 92.8 Å². The number of imide groups is 1. The number of rotatable bonds is 5. The maximum absolute atomic E-state index is 12.9. The summed E-state index contributed by atoms with van der Waals surface area (Å²) < 4.78 is 6.10. The zero-order valence-electron chi connectivity index (χ0n) is 19.1. The number of hydrogen-bond acceptors (Lipinski definition) is 5. The van der Waals surface area contributed by atoms with Crippen molar-refractivity contribution in [3.8, 4) is 0 Å². The van der Waals surface area contributed by atoms with Crippen LogP contribution in [0.5, 0.6) is 0 Å². The first-order valence-electron chi connectivity index (χ1n) is 11.1. The molecule has 1 saturated heterocycles. The molecular weight excluding hydrogens is 500 g/mol. The van der Waals surface area contributed by atoms with Crippen molar-refractivity contribution in [2.24, 2.45) is 17.8 Å². The SMILES string of the molecule is Cc1cc(NC(=O)COC(=O)c2ccc(N3C(=O)[C@H]4[C@@H](C)C=CC[C@H]4C3=O)cc2)cc(C)c1Br. The van der Waals surface area contributed by atoms with Gasteiger partial charge in [0.2, 0.25) is 11.8 Å². The number of aryl methyl sites for hydroxylation is 2. The van der Waals surface area contributed by atoms with Crippen molar-refractivity contribution >= 4 is 51.0 Å². The lowest BCUT2D eigenvalue weighted by Crippen LogP contribution is -2.31. The van der Waals surface area contributed by atoms with Crippen LogP contribution in [0, 0.1) is 31.6 Å². The van der Waals surface area contributed by atoms with Gasteiger partial charge in [0, 0.05) is 10.2 Å². The van der Waals surface area contributed by atoms with Crippen molar-refractivity contribution in [2.75, 3.05) is 16.8 Å². The lowest BCUT2D eigenvalue weighted by Gasteiger charge is -2.22. The molecule has 4 rings (SSSR count). The zero-order chi connectivity index (χ0) is 24.6. The van der Waals surface area contributed by atoms with Gasteiger partial charge in [0.15, 0.2) is 6.61 Å². The Bertz CT molecular complexity index is 1180. The van der Waals surface area contributed by atoms with Crippen molar-refractivity contribution in [3.63, 3.8) is 0 Å². The van der Waals surface area contributed by atoms with E-state index in [1.54, 1.807) is 12.1 Å². The van der Waals surface area contributed by atoms with Gasteiger partial charge in [-0.05, 0) is 73.7 Å². The van der Waals surface area contributed by atoms with E-state index in [2.05, 4.69) is 21.2 Å². The summed E-state index contributed by atoms with van der Waals surface area (Å²) in [6, 6.07) is 9.72. The smallest absolute Gasteiger partial charge is 0.338 e. The molecule has 3 atom stereocenters. The standard InChI is InChI=1S/C26H25BrN2O5/c1-14-5-4-6-20-22(14)25(32)29(24(20)31)19-9-7-17(8-10-19)26(33)34-13-21(30)28-18-11-15(2)23(27)16(3)12-18/h4-5,7-12,14,20,22H,6,13H2,1-3H3,(H,28,30)/t14-,20+,22-/m0/s1. The highest BCUT2D eigenvalue weighted by Crippen LogP contribution is 2.40. The number of carbonyl (C=O) groups excluding carboxylic acids is 4. The molecule has 0 radical (unpaired) electrons. The molecular formula is C26H25BrN2O5. The van der Waals surface area contributed by atoms with E-state index in [-0.39, 0.29) is 35.1 Å². The molecule has 1 N–H and O–H groups in total. The van der Waals surface area contributed by atoms with Crippen molar-refractivity contribution in [1.82, 2.24) is 0 Å². The Morgan fingerprint density at radius 2 is 1.74 bits per heavy atom. The van der Waals surface area contributed by atoms with Gasteiger partial charge in [0.05, 0.1) is 23.1 Å². The third kappa shape index (κ3) is 4.55. The summed E-state index contributed by atoms with van der Waals surface area (Å²) in [4.78, 5) is 51.6. The van der Waals surface area contributed by atoms with E-state index in [1.807, 2.05) is 45.1 Å². The Balaban J connectivity index is 1.37. The second-order valence-corrected chi connectivity index (χ2v) is 9.56. The van der Waals surface area contributed by atoms with Crippen LogP contribution in [0.15, 0.2) is 53.0 Å². The average Bonchev–Trinajstić information content (AvgIpc) is 3.07. The predicted octanol–water partition coefficient (Wildman–Crippen LogP) is 4.56. The number of benzene rings is 2. The fourth-order valence-electron chi connectivity index (χ4n) is 4.58. The molecule has 0 spiro atoms. The number of amides is 3. The first-order chi connectivity index (χ1) is 16.2. The molecule has 0 unspecified atom stereocenters. The Labute approximate surface area is 206 Å². The minimum atomic E-state index is -0.671. The van der Waals surface area contributed by atoms with Crippen LogP contribution in [0.25, 0.3) is 0 Å². The van der Waals surface area contributed by atoms with Crippen LogP contribution < -0.4 is 10.2 Å². The van der Waals surface area contributed by atoms with Crippen LogP contribution in [-0.4, -0.2) is 30.3 Å². The van der Waals surface area contributed by atoms with Gasteiger partial charge in [-0.1, -0.05) is 35.0 Å². The van der Waals surface area contributed by atoms with E-state index in [0.29, 0.717) is 17.8 Å². The largest absolute Gasteiger partial charge is 0.452 e. The number of allylic oxidation sites excluding steroid dienone is 2. The maximum Gasteiger partial charge on any atom is 0.338 e. The van der Waals surface area contributed by atoms with Crippen molar-refractivity contribution < 1.29 is 23.9 Å². The van der Waals surface area contributed by atoms with Crippen molar-refractivity contribution in [3.05, 3.63) is 69.7 Å². The van der Waals surface area contributed by atoms with E-state index < -0.39 is 18.5 Å². The van der Waals surface area contributed by atoms with Gasteiger partial charge >= 0.3 is 5.97 Å². The van der Waals surface area contributed by atoms with Gasteiger partial charge < -0.3 is 10.1 Å². The molecule has 1 heterocycles. The summed E-state index contributed by atoms with van der Waals surface area (Å²) in [5.41, 5.74) is 3.22. The monoisotopic (exact) mass is 524 g/mol. The Hall–Kier alpha value is -3.26. The van der Waals surface area contributed by atoms with E-state index in [0.717, 1.165) is 15.6 Å². The Kier molecular flexibility index (Phi) is 6.70. The van der Waals surface area contributed by atoms with Gasteiger partial charge in [-0.2, -0.15) is 0 Å². The molecule has 1 aliphatic carbocycles. The van der Waals surface area contributed by atoms with Gasteiger partial charge in [0.1, 0.15) is 0 Å². The average molecular weight is 525 g/mol. The van der Waals surface area contributed by atoms with Gasteiger partial charge in [-0.15, -0.1) is 0 Å². The summed E-state index contributed by atoms with van der Waals surface area (Å²) in [5.74, 6) is -2.23. The summed E-state index contributed by atoms with van der Waals surface area (Å²) in [6.07, 6.45) is 4.49. The number of halogens is 1. The van der Waals surface area contributed by atoms with E-state index in [1.165, 1.54) is 17.0 Å².